The van der Waals surface area contributed by atoms with Crippen LogP contribution in [0.15, 0.2) is 17.0 Å². The molecule has 0 amide bonds. The molecular formula is C18H40N4. The Morgan fingerprint density at radius 1 is 1.18 bits per heavy atom. The molecule has 0 rings (SSSR count). The van der Waals surface area contributed by atoms with E-state index in [-0.39, 0.29) is 0 Å². The normalized spacial score (nSPS) is 10.2. The fourth-order valence-corrected chi connectivity index (χ4v) is 1.85. The van der Waals surface area contributed by atoms with E-state index in [1.807, 2.05) is 25.1 Å². The van der Waals surface area contributed by atoms with Gasteiger partial charge in [-0.2, -0.15) is 5.10 Å². The maximum Gasteiger partial charge on any atom is 0.0419 e. The summed E-state index contributed by atoms with van der Waals surface area (Å²) in [4.78, 5) is 0. The molecule has 22 heavy (non-hydrogen) atoms. The summed E-state index contributed by atoms with van der Waals surface area (Å²) in [6, 6.07) is 0. The smallest absolute Gasteiger partial charge is 0.0419 e. The summed E-state index contributed by atoms with van der Waals surface area (Å²) in [5.41, 5.74) is 6.92. The molecule has 0 spiro atoms. The van der Waals surface area contributed by atoms with E-state index >= 15 is 0 Å². The fraction of sp³-hybridized carbons (Fsp3) is 0.778. The highest BCUT2D eigenvalue weighted by atomic mass is 15.4. The summed E-state index contributed by atoms with van der Waals surface area (Å²) < 4.78 is 0. The van der Waals surface area contributed by atoms with Crippen molar-refractivity contribution < 1.29 is 0 Å². The summed E-state index contributed by atoms with van der Waals surface area (Å²) in [6.45, 7) is 17.7. The Bertz CT molecular complexity index is 249. The molecule has 0 aromatic heterocycles. The minimum Gasteiger partial charge on any atom is -0.401 e. The summed E-state index contributed by atoms with van der Waals surface area (Å²) in [5, 5.41) is 11.4. The van der Waals surface area contributed by atoms with Crippen LogP contribution in [0.4, 0.5) is 0 Å². The molecule has 0 saturated carbocycles. The van der Waals surface area contributed by atoms with Crippen molar-refractivity contribution in [2.45, 2.75) is 79.6 Å². The topological polar surface area (TPSA) is 65.5 Å². The predicted molar refractivity (Wildman–Crippen MR) is 103 cm³/mol. The van der Waals surface area contributed by atoms with Crippen molar-refractivity contribution in [3.8, 4) is 0 Å². The Morgan fingerprint density at radius 2 is 1.77 bits per heavy atom. The van der Waals surface area contributed by atoms with Crippen LogP contribution in [0, 0.1) is 11.3 Å². The average molecular weight is 313 g/mol. The van der Waals surface area contributed by atoms with Gasteiger partial charge in [0.25, 0.3) is 0 Å². The minimum atomic E-state index is 0.743. The second-order valence-corrected chi connectivity index (χ2v) is 5.36. The molecule has 0 saturated heterocycles. The van der Waals surface area contributed by atoms with E-state index < -0.39 is 0 Å². The van der Waals surface area contributed by atoms with Crippen LogP contribution < -0.4 is 5.73 Å². The molecule has 4 heteroatoms. The number of hydrazone groups is 1. The summed E-state index contributed by atoms with van der Waals surface area (Å²) in [7, 11) is 0. The molecule has 0 fully saturated rings. The highest BCUT2D eigenvalue weighted by molar-refractivity contribution is 5.23. The molecule has 4 nitrogen and oxygen atoms in total. The van der Waals surface area contributed by atoms with Crippen molar-refractivity contribution in [1.29, 1.82) is 5.41 Å². The average Bonchev–Trinajstić information content (AvgIpc) is 2.54. The lowest BCUT2D eigenvalue weighted by Gasteiger charge is -2.15. The van der Waals surface area contributed by atoms with Crippen LogP contribution in [0.1, 0.15) is 79.6 Å². The molecule has 0 aliphatic rings. The first-order chi connectivity index (χ1) is 10.6. The Balaban J connectivity index is -0.000000826. The highest BCUT2D eigenvalue weighted by Crippen LogP contribution is 2.09. The number of rotatable bonds is 11. The third-order valence-corrected chi connectivity index (χ3v) is 2.98. The first-order valence-electron chi connectivity index (χ1n) is 8.65. The second-order valence-electron chi connectivity index (χ2n) is 5.36. The SMILES string of the molecule is C=N.C=NN(/C=C(\N)CCCCCC)CCCC(C)C.CC. The van der Waals surface area contributed by atoms with Crippen molar-refractivity contribution in [3.05, 3.63) is 11.9 Å². The lowest BCUT2D eigenvalue weighted by atomic mass is 10.1. The number of nitrogens with two attached hydrogens (primary N) is 1. The number of nitrogens with one attached hydrogen (secondary N) is 1. The number of hydrogen-bond donors (Lipinski definition) is 2. The molecule has 0 heterocycles. The van der Waals surface area contributed by atoms with Crippen molar-refractivity contribution in [2.75, 3.05) is 6.54 Å². The maximum atomic E-state index is 6.00. The van der Waals surface area contributed by atoms with Gasteiger partial charge in [-0.25, -0.2) is 0 Å². The lowest BCUT2D eigenvalue weighted by molar-refractivity contribution is 0.369. The van der Waals surface area contributed by atoms with Crippen LogP contribution in [-0.4, -0.2) is 25.0 Å². The molecule has 0 radical (unpaired) electrons. The molecule has 0 bridgehead atoms. The van der Waals surface area contributed by atoms with Crippen LogP contribution in [0.2, 0.25) is 0 Å². The zero-order valence-corrected chi connectivity index (χ0v) is 15.7. The predicted octanol–water partition coefficient (Wildman–Crippen LogP) is 5.40. The van der Waals surface area contributed by atoms with Gasteiger partial charge in [0, 0.05) is 25.2 Å². The van der Waals surface area contributed by atoms with Gasteiger partial charge in [0.1, 0.15) is 0 Å². The van der Waals surface area contributed by atoms with Gasteiger partial charge in [-0.15, -0.1) is 0 Å². The summed E-state index contributed by atoms with van der Waals surface area (Å²) in [6.07, 6.45) is 10.3. The van der Waals surface area contributed by atoms with Crippen LogP contribution in [0.5, 0.6) is 0 Å². The van der Waals surface area contributed by atoms with Gasteiger partial charge in [0.2, 0.25) is 0 Å². The van der Waals surface area contributed by atoms with Crippen LogP contribution >= 0.6 is 0 Å². The summed E-state index contributed by atoms with van der Waals surface area (Å²) in [5.74, 6) is 0.743. The molecule has 132 valence electrons. The third kappa shape index (κ3) is 21.0. The van der Waals surface area contributed by atoms with Gasteiger partial charge in [-0.3, -0.25) is 5.01 Å². The third-order valence-electron chi connectivity index (χ3n) is 2.98. The standard InChI is InChI=1S/C15H31N3.C2H6.CH3N/c1-5-6-7-8-11-15(16)13-18(17-4)12-9-10-14(2)3;2*1-2/h13-14H,4-12,16H2,1-3H3;1-2H3;2H,1H2/b15-13-;;. The molecule has 0 atom stereocenters. The van der Waals surface area contributed by atoms with Gasteiger partial charge < -0.3 is 11.1 Å². The number of nitrogens with zero attached hydrogens (tertiary/aromatic N) is 2. The zero-order valence-electron chi connectivity index (χ0n) is 15.7. The van der Waals surface area contributed by atoms with Crippen molar-refractivity contribution in [3.63, 3.8) is 0 Å². The van der Waals surface area contributed by atoms with Crippen LogP contribution in [0.3, 0.4) is 0 Å². The molecule has 0 aromatic rings. The Morgan fingerprint density at radius 3 is 2.23 bits per heavy atom. The molecule has 3 N–H and O–H groups in total. The van der Waals surface area contributed by atoms with E-state index in [1.54, 1.807) is 0 Å². The maximum absolute atomic E-state index is 6.00. The van der Waals surface area contributed by atoms with E-state index in [0.717, 1.165) is 31.0 Å². The minimum absolute atomic E-state index is 0.743. The van der Waals surface area contributed by atoms with E-state index in [4.69, 9.17) is 11.1 Å². The van der Waals surface area contributed by atoms with Crippen LogP contribution in [0.25, 0.3) is 0 Å². The summed E-state index contributed by atoms with van der Waals surface area (Å²) >= 11 is 0. The molecule has 0 aromatic carbocycles. The number of hydrogen-bond acceptors (Lipinski definition) is 4. The van der Waals surface area contributed by atoms with Gasteiger partial charge >= 0.3 is 0 Å². The van der Waals surface area contributed by atoms with Crippen molar-refractivity contribution in [1.82, 2.24) is 5.01 Å². The monoisotopic (exact) mass is 312 g/mol. The van der Waals surface area contributed by atoms with Gasteiger partial charge in [0.05, 0.1) is 0 Å². The molecule has 0 unspecified atom stereocenters. The van der Waals surface area contributed by atoms with E-state index in [0.29, 0.717) is 0 Å². The molecular weight excluding hydrogens is 272 g/mol. The lowest BCUT2D eigenvalue weighted by Crippen LogP contribution is -2.14. The van der Waals surface area contributed by atoms with E-state index in [1.165, 1.54) is 32.1 Å². The van der Waals surface area contributed by atoms with Gasteiger partial charge in [0.15, 0.2) is 0 Å². The molecule has 0 aliphatic carbocycles. The number of allylic oxidation sites excluding steroid dienone is 1. The van der Waals surface area contributed by atoms with E-state index in [2.05, 4.69) is 39.3 Å². The van der Waals surface area contributed by atoms with Gasteiger partial charge in [-0.05, 0) is 38.3 Å². The highest BCUT2D eigenvalue weighted by Gasteiger charge is 2.00. The second kappa shape index (κ2) is 22.0. The van der Waals surface area contributed by atoms with E-state index in [9.17, 15) is 0 Å². The Labute approximate surface area is 139 Å². The first kappa shape index (κ1) is 25.6. The Hall–Kier alpha value is -1.32. The first-order valence-corrected chi connectivity index (χ1v) is 8.65. The largest absolute Gasteiger partial charge is 0.401 e. The molecule has 0 aliphatic heterocycles. The van der Waals surface area contributed by atoms with Crippen LogP contribution in [-0.2, 0) is 0 Å². The Kier molecular flexibility index (Phi) is 25.6. The van der Waals surface area contributed by atoms with Crippen molar-refractivity contribution >= 4 is 13.4 Å². The van der Waals surface area contributed by atoms with Crippen molar-refractivity contribution in [2.24, 2.45) is 16.8 Å². The number of unbranched alkanes of at least 4 members (excludes halogenated alkanes) is 3. The fourth-order valence-electron chi connectivity index (χ4n) is 1.85. The quantitative estimate of drug-likeness (QED) is 0.304. The zero-order chi connectivity index (χ0) is 17.8. The van der Waals surface area contributed by atoms with Gasteiger partial charge in [-0.1, -0.05) is 53.9 Å².